The Hall–Kier alpha value is -1.57. The van der Waals surface area contributed by atoms with Crippen LogP contribution < -0.4 is 0 Å². The van der Waals surface area contributed by atoms with Gasteiger partial charge in [0, 0.05) is 19.2 Å². The molecule has 0 N–H and O–H groups in total. The third kappa shape index (κ3) is 13.0. The van der Waals surface area contributed by atoms with Crippen molar-refractivity contribution >= 4 is 0 Å². The van der Waals surface area contributed by atoms with E-state index in [1.807, 2.05) is 0 Å². The Labute approximate surface area is 205 Å². The molecule has 2 nitrogen and oxygen atoms in total. The van der Waals surface area contributed by atoms with Crippen molar-refractivity contribution in [2.45, 2.75) is 142 Å². The highest BCUT2D eigenvalue weighted by atomic mass is 15.1. The molecule has 33 heavy (non-hydrogen) atoms. The Kier molecular flexibility index (Phi) is 15.8. The molecule has 2 heteroatoms. The fraction of sp³-hybridized carbons (Fsp3) is 0.710. The number of imidazole rings is 1. The zero-order valence-electron chi connectivity index (χ0n) is 22.0. The van der Waals surface area contributed by atoms with Gasteiger partial charge in [0.1, 0.15) is 5.82 Å². The van der Waals surface area contributed by atoms with Gasteiger partial charge in [0.05, 0.1) is 5.69 Å². The van der Waals surface area contributed by atoms with Gasteiger partial charge >= 0.3 is 0 Å². The summed E-state index contributed by atoms with van der Waals surface area (Å²) in [6.07, 6.45) is 27.7. The van der Waals surface area contributed by atoms with Gasteiger partial charge in [-0.2, -0.15) is 0 Å². The van der Waals surface area contributed by atoms with Crippen molar-refractivity contribution in [2.24, 2.45) is 0 Å². The summed E-state index contributed by atoms with van der Waals surface area (Å²) >= 11 is 0. The van der Waals surface area contributed by atoms with Crippen LogP contribution in [0.2, 0.25) is 0 Å². The summed E-state index contributed by atoms with van der Waals surface area (Å²) in [5.74, 6) is 1.35. The summed E-state index contributed by atoms with van der Waals surface area (Å²) in [7, 11) is 0. The van der Waals surface area contributed by atoms with E-state index >= 15 is 0 Å². The van der Waals surface area contributed by atoms with Crippen molar-refractivity contribution in [3.05, 3.63) is 53.6 Å². The summed E-state index contributed by atoms with van der Waals surface area (Å²) < 4.78 is 2.50. The topological polar surface area (TPSA) is 17.8 Å². The molecular weight excluding hydrogens is 400 g/mol. The molecule has 0 aliphatic heterocycles. The number of unbranched alkanes of at least 4 members (excludes halogenated alkanes) is 13. The van der Waals surface area contributed by atoms with Crippen LogP contribution in [0, 0.1) is 0 Å². The average molecular weight is 453 g/mol. The Morgan fingerprint density at radius 3 is 1.79 bits per heavy atom. The number of nitrogens with zero attached hydrogens (tertiary/aromatic N) is 2. The van der Waals surface area contributed by atoms with Gasteiger partial charge in [0.25, 0.3) is 0 Å². The normalized spacial score (nSPS) is 11.3. The van der Waals surface area contributed by atoms with Crippen LogP contribution in [0.3, 0.4) is 0 Å². The first-order chi connectivity index (χ1) is 16.3. The summed E-state index contributed by atoms with van der Waals surface area (Å²) in [6.45, 7) is 5.75. The lowest BCUT2D eigenvalue weighted by Gasteiger charge is -2.08. The predicted octanol–water partition coefficient (Wildman–Crippen LogP) is 9.49. The maximum Gasteiger partial charge on any atom is 0.108 e. The molecule has 0 atom stereocenters. The van der Waals surface area contributed by atoms with Crippen molar-refractivity contribution < 1.29 is 0 Å². The van der Waals surface area contributed by atoms with Gasteiger partial charge in [-0.3, -0.25) is 0 Å². The molecule has 2 rings (SSSR count). The molecule has 0 saturated carbocycles. The van der Waals surface area contributed by atoms with Crippen molar-refractivity contribution in [1.29, 1.82) is 0 Å². The minimum absolute atomic E-state index is 1.10. The zero-order chi connectivity index (χ0) is 23.4. The van der Waals surface area contributed by atoms with Gasteiger partial charge in [-0.15, -0.1) is 0 Å². The quantitative estimate of drug-likeness (QED) is 0.172. The Morgan fingerprint density at radius 2 is 1.15 bits per heavy atom. The van der Waals surface area contributed by atoms with E-state index in [0.717, 1.165) is 25.8 Å². The van der Waals surface area contributed by atoms with E-state index in [2.05, 4.69) is 54.9 Å². The second-order valence-corrected chi connectivity index (χ2v) is 10.0. The molecule has 0 amide bonds. The third-order valence-corrected chi connectivity index (χ3v) is 6.91. The largest absolute Gasteiger partial charge is 0.335 e. The summed E-state index contributed by atoms with van der Waals surface area (Å²) in [5.41, 5.74) is 2.75. The highest BCUT2D eigenvalue weighted by Gasteiger charge is 2.08. The molecule has 1 heterocycles. The monoisotopic (exact) mass is 452 g/mol. The molecule has 0 saturated heterocycles. The number of rotatable bonds is 21. The maximum atomic E-state index is 5.10. The lowest BCUT2D eigenvalue weighted by molar-refractivity contribution is 0.534. The second kappa shape index (κ2) is 18.8. The maximum absolute atomic E-state index is 5.10. The van der Waals surface area contributed by atoms with E-state index in [4.69, 9.17) is 4.98 Å². The van der Waals surface area contributed by atoms with E-state index in [-0.39, 0.29) is 0 Å². The lowest BCUT2D eigenvalue weighted by atomic mass is 10.1. The van der Waals surface area contributed by atoms with Gasteiger partial charge in [0.15, 0.2) is 0 Å². The SMILES string of the molecule is CCCCCCCCCCCCc1nc(CCCc2ccccc2)cn1CCCCCCC. The summed E-state index contributed by atoms with van der Waals surface area (Å²) in [6, 6.07) is 10.9. The molecular formula is C31H52N2. The van der Waals surface area contributed by atoms with E-state index in [0.29, 0.717) is 0 Å². The molecule has 0 fully saturated rings. The van der Waals surface area contributed by atoms with Crippen molar-refractivity contribution in [2.75, 3.05) is 0 Å². The fourth-order valence-electron chi connectivity index (χ4n) is 4.80. The molecule has 1 aromatic heterocycles. The van der Waals surface area contributed by atoms with Gasteiger partial charge in [0.2, 0.25) is 0 Å². The first-order valence-corrected chi connectivity index (χ1v) is 14.4. The molecule has 0 unspecified atom stereocenters. The van der Waals surface area contributed by atoms with Crippen LogP contribution in [0.25, 0.3) is 0 Å². The zero-order valence-corrected chi connectivity index (χ0v) is 22.0. The number of benzene rings is 1. The Balaban J connectivity index is 1.72. The van der Waals surface area contributed by atoms with Crippen molar-refractivity contribution in [1.82, 2.24) is 9.55 Å². The van der Waals surface area contributed by atoms with E-state index in [1.54, 1.807) is 0 Å². The van der Waals surface area contributed by atoms with E-state index < -0.39 is 0 Å². The van der Waals surface area contributed by atoms with E-state index in [9.17, 15) is 0 Å². The van der Waals surface area contributed by atoms with Crippen LogP contribution >= 0.6 is 0 Å². The van der Waals surface area contributed by atoms with Gasteiger partial charge in [-0.1, -0.05) is 128 Å². The number of hydrogen-bond acceptors (Lipinski definition) is 1. The Bertz CT molecular complexity index is 688. The number of aromatic nitrogens is 2. The molecule has 0 aliphatic carbocycles. The molecule has 186 valence electrons. The van der Waals surface area contributed by atoms with Crippen LogP contribution in [-0.2, 0) is 25.8 Å². The number of aryl methyl sites for hydroxylation is 4. The lowest BCUT2D eigenvalue weighted by Crippen LogP contribution is -2.03. The fourth-order valence-corrected chi connectivity index (χ4v) is 4.80. The van der Waals surface area contributed by atoms with Crippen LogP contribution in [0.1, 0.15) is 134 Å². The summed E-state index contributed by atoms with van der Waals surface area (Å²) in [4.78, 5) is 5.10. The van der Waals surface area contributed by atoms with Crippen LogP contribution in [0.4, 0.5) is 0 Å². The molecule has 0 radical (unpaired) electrons. The van der Waals surface area contributed by atoms with Crippen molar-refractivity contribution in [3.8, 4) is 0 Å². The standard InChI is InChI=1S/C31H52N2/c1-3-5-7-9-10-11-12-13-14-19-26-31-32-30(25-21-24-29-22-17-16-18-23-29)28-33(31)27-20-15-8-6-4-2/h16-18,22-23,28H,3-15,19-21,24-27H2,1-2H3. The Morgan fingerprint density at radius 1 is 0.576 bits per heavy atom. The second-order valence-electron chi connectivity index (χ2n) is 10.0. The minimum atomic E-state index is 1.10. The number of hydrogen-bond donors (Lipinski definition) is 0. The minimum Gasteiger partial charge on any atom is -0.335 e. The van der Waals surface area contributed by atoms with Gasteiger partial charge in [-0.25, -0.2) is 4.98 Å². The van der Waals surface area contributed by atoms with Crippen LogP contribution in [0.5, 0.6) is 0 Å². The van der Waals surface area contributed by atoms with Crippen molar-refractivity contribution in [3.63, 3.8) is 0 Å². The van der Waals surface area contributed by atoms with Gasteiger partial charge in [-0.05, 0) is 37.7 Å². The van der Waals surface area contributed by atoms with E-state index in [1.165, 1.54) is 120 Å². The molecule has 1 aromatic carbocycles. The van der Waals surface area contributed by atoms with Crippen LogP contribution in [-0.4, -0.2) is 9.55 Å². The van der Waals surface area contributed by atoms with Crippen LogP contribution in [0.15, 0.2) is 36.5 Å². The molecule has 0 spiro atoms. The first-order valence-electron chi connectivity index (χ1n) is 14.4. The van der Waals surface area contributed by atoms with Gasteiger partial charge < -0.3 is 4.57 Å². The highest BCUT2D eigenvalue weighted by molar-refractivity contribution is 5.15. The predicted molar refractivity (Wildman–Crippen MR) is 145 cm³/mol. The summed E-state index contributed by atoms with van der Waals surface area (Å²) in [5, 5.41) is 0. The highest BCUT2D eigenvalue weighted by Crippen LogP contribution is 2.15. The molecule has 0 aliphatic rings. The third-order valence-electron chi connectivity index (χ3n) is 6.91. The average Bonchev–Trinajstić information content (AvgIpc) is 3.22. The molecule has 2 aromatic rings. The first kappa shape index (κ1) is 27.7. The molecule has 0 bridgehead atoms. The smallest absolute Gasteiger partial charge is 0.108 e.